The highest BCUT2D eigenvalue weighted by molar-refractivity contribution is 9.10. The molecule has 2 rings (SSSR count). The first kappa shape index (κ1) is 10.2. The molecule has 5 heteroatoms. The molecule has 74 valence electrons. The van der Waals surface area contributed by atoms with E-state index in [1.807, 2.05) is 19.1 Å². The number of fused-ring (bicyclic) bond motifs is 1. The van der Waals surface area contributed by atoms with Gasteiger partial charge in [0.1, 0.15) is 5.52 Å². The lowest BCUT2D eigenvalue weighted by Gasteiger charge is -1.93. The van der Waals surface area contributed by atoms with Gasteiger partial charge in [-0.2, -0.15) is 0 Å². The van der Waals surface area contributed by atoms with E-state index < -0.39 is 0 Å². The summed E-state index contributed by atoms with van der Waals surface area (Å²) in [6, 6.07) is 3.89. The Morgan fingerprint density at radius 2 is 2.36 bits per heavy atom. The molecular weight excluding hydrogens is 284 g/mol. The summed E-state index contributed by atoms with van der Waals surface area (Å²) in [6.07, 6.45) is 0. The van der Waals surface area contributed by atoms with Gasteiger partial charge in [0.05, 0.1) is 9.72 Å². The van der Waals surface area contributed by atoms with E-state index in [1.54, 1.807) is 11.3 Å². The fourth-order valence-electron chi connectivity index (χ4n) is 1.18. The number of thiazole rings is 1. The Balaban J connectivity index is 2.58. The molecule has 0 fully saturated rings. The molecule has 0 aliphatic rings. The van der Waals surface area contributed by atoms with Crippen LogP contribution in [0.5, 0.6) is 0 Å². The second kappa shape index (κ2) is 4.04. The van der Waals surface area contributed by atoms with Crippen LogP contribution in [0.25, 0.3) is 10.2 Å². The van der Waals surface area contributed by atoms with E-state index in [1.165, 1.54) is 0 Å². The van der Waals surface area contributed by atoms with Gasteiger partial charge in [-0.15, -0.1) is 0 Å². The van der Waals surface area contributed by atoms with Crippen molar-refractivity contribution in [2.45, 2.75) is 6.92 Å². The van der Waals surface area contributed by atoms with Gasteiger partial charge in [-0.05, 0) is 19.1 Å². The Labute approximate surface area is 99.4 Å². The first-order valence-electron chi connectivity index (χ1n) is 4.20. The molecule has 1 heterocycles. The molecule has 1 N–H and O–H groups in total. The molecule has 0 atom stereocenters. The van der Waals surface area contributed by atoms with Crippen molar-refractivity contribution >= 4 is 54.2 Å². The molecule has 0 aliphatic carbocycles. The van der Waals surface area contributed by atoms with E-state index in [0.717, 1.165) is 26.4 Å². The van der Waals surface area contributed by atoms with Crippen LogP contribution in [0.1, 0.15) is 6.92 Å². The van der Waals surface area contributed by atoms with Crippen LogP contribution in [0.4, 0.5) is 5.13 Å². The fourth-order valence-corrected chi connectivity index (χ4v) is 3.24. The van der Waals surface area contributed by atoms with E-state index >= 15 is 0 Å². The Bertz CT molecular complexity index is 469. The van der Waals surface area contributed by atoms with Gasteiger partial charge in [0.2, 0.25) is 0 Å². The molecule has 0 saturated carbocycles. The number of nitrogens with one attached hydrogen (secondary N) is 1. The molecule has 1 aromatic carbocycles. The minimum Gasteiger partial charge on any atom is -0.362 e. The lowest BCUT2D eigenvalue weighted by Crippen LogP contribution is -1.94. The first-order chi connectivity index (χ1) is 6.70. The number of benzene rings is 1. The Morgan fingerprint density at radius 3 is 3.07 bits per heavy atom. The number of anilines is 1. The van der Waals surface area contributed by atoms with Crippen LogP contribution in [0, 0.1) is 0 Å². The SMILES string of the molecule is CCNc1nc2c(Cl)cc(Br)cc2s1. The van der Waals surface area contributed by atoms with E-state index in [4.69, 9.17) is 11.6 Å². The Morgan fingerprint density at radius 1 is 1.57 bits per heavy atom. The monoisotopic (exact) mass is 290 g/mol. The lowest BCUT2D eigenvalue weighted by atomic mass is 10.3. The molecule has 0 bridgehead atoms. The summed E-state index contributed by atoms with van der Waals surface area (Å²) in [4.78, 5) is 4.40. The zero-order valence-electron chi connectivity index (χ0n) is 7.47. The van der Waals surface area contributed by atoms with Crippen LogP contribution in [0.2, 0.25) is 5.02 Å². The highest BCUT2D eigenvalue weighted by atomic mass is 79.9. The summed E-state index contributed by atoms with van der Waals surface area (Å²) in [5.74, 6) is 0. The van der Waals surface area contributed by atoms with Crippen molar-refractivity contribution in [1.82, 2.24) is 4.98 Å². The molecule has 14 heavy (non-hydrogen) atoms. The van der Waals surface area contributed by atoms with Crippen LogP contribution >= 0.6 is 38.9 Å². The van der Waals surface area contributed by atoms with Crippen LogP contribution in [-0.4, -0.2) is 11.5 Å². The summed E-state index contributed by atoms with van der Waals surface area (Å²) in [6.45, 7) is 2.92. The van der Waals surface area contributed by atoms with Gasteiger partial charge in [-0.3, -0.25) is 0 Å². The molecule has 2 nitrogen and oxygen atoms in total. The average Bonchev–Trinajstić information content (AvgIpc) is 2.48. The van der Waals surface area contributed by atoms with Gasteiger partial charge >= 0.3 is 0 Å². The van der Waals surface area contributed by atoms with Crippen molar-refractivity contribution in [3.8, 4) is 0 Å². The molecule has 0 saturated heterocycles. The predicted octanol–water partition coefficient (Wildman–Crippen LogP) is 4.14. The fraction of sp³-hybridized carbons (Fsp3) is 0.222. The topological polar surface area (TPSA) is 24.9 Å². The van der Waals surface area contributed by atoms with E-state index in [-0.39, 0.29) is 0 Å². The average molecular weight is 292 g/mol. The molecule has 2 aromatic rings. The lowest BCUT2D eigenvalue weighted by molar-refractivity contribution is 1.20. The zero-order valence-corrected chi connectivity index (χ0v) is 10.6. The smallest absolute Gasteiger partial charge is 0.183 e. The molecular formula is C9H8BrClN2S. The van der Waals surface area contributed by atoms with Gasteiger partial charge in [-0.1, -0.05) is 38.9 Å². The van der Waals surface area contributed by atoms with Gasteiger partial charge in [0, 0.05) is 11.0 Å². The highest BCUT2D eigenvalue weighted by Gasteiger charge is 2.07. The molecule has 0 aliphatic heterocycles. The van der Waals surface area contributed by atoms with Crippen molar-refractivity contribution in [2.75, 3.05) is 11.9 Å². The summed E-state index contributed by atoms with van der Waals surface area (Å²) in [7, 11) is 0. The number of hydrogen-bond acceptors (Lipinski definition) is 3. The normalized spacial score (nSPS) is 10.8. The Kier molecular flexibility index (Phi) is 2.95. The third-order valence-corrected chi connectivity index (χ3v) is 3.45. The van der Waals surface area contributed by atoms with Gasteiger partial charge in [0.25, 0.3) is 0 Å². The summed E-state index contributed by atoms with van der Waals surface area (Å²) >= 11 is 11.1. The highest BCUT2D eigenvalue weighted by Crippen LogP contribution is 2.33. The third kappa shape index (κ3) is 1.87. The third-order valence-electron chi connectivity index (χ3n) is 1.74. The van der Waals surface area contributed by atoms with Crippen molar-refractivity contribution < 1.29 is 0 Å². The van der Waals surface area contributed by atoms with Crippen LogP contribution < -0.4 is 5.32 Å². The molecule has 0 spiro atoms. The molecule has 0 unspecified atom stereocenters. The first-order valence-corrected chi connectivity index (χ1v) is 6.19. The number of aromatic nitrogens is 1. The maximum absolute atomic E-state index is 6.06. The second-order valence-corrected chi connectivity index (χ2v) is 5.14. The Hall–Kier alpha value is -0.320. The minimum absolute atomic E-state index is 0.690. The number of hydrogen-bond donors (Lipinski definition) is 1. The minimum atomic E-state index is 0.690. The van der Waals surface area contributed by atoms with Crippen LogP contribution in [0.3, 0.4) is 0 Å². The summed E-state index contributed by atoms with van der Waals surface area (Å²) < 4.78 is 2.09. The number of rotatable bonds is 2. The quantitative estimate of drug-likeness (QED) is 0.899. The summed E-state index contributed by atoms with van der Waals surface area (Å²) in [5, 5.41) is 4.79. The van der Waals surface area contributed by atoms with E-state index in [9.17, 15) is 0 Å². The van der Waals surface area contributed by atoms with E-state index in [2.05, 4.69) is 26.2 Å². The largest absolute Gasteiger partial charge is 0.362 e. The second-order valence-electron chi connectivity index (χ2n) is 2.78. The van der Waals surface area contributed by atoms with Crippen molar-refractivity contribution in [3.05, 3.63) is 21.6 Å². The van der Waals surface area contributed by atoms with E-state index in [0.29, 0.717) is 5.02 Å². The molecule has 0 radical (unpaired) electrons. The predicted molar refractivity (Wildman–Crippen MR) is 66.5 cm³/mol. The molecule has 1 aromatic heterocycles. The van der Waals surface area contributed by atoms with Crippen molar-refractivity contribution in [3.63, 3.8) is 0 Å². The maximum atomic E-state index is 6.06. The standard InChI is InChI=1S/C9H8BrClN2S/c1-2-12-9-13-8-6(11)3-5(10)4-7(8)14-9/h3-4H,2H2,1H3,(H,12,13). The zero-order chi connectivity index (χ0) is 10.1. The number of nitrogens with zero attached hydrogens (tertiary/aromatic N) is 1. The number of halogens is 2. The van der Waals surface area contributed by atoms with Crippen molar-refractivity contribution in [2.24, 2.45) is 0 Å². The van der Waals surface area contributed by atoms with Crippen LogP contribution in [-0.2, 0) is 0 Å². The molecule has 0 amide bonds. The maximum Gasteiger partial charge on any atom is 0.183 e. The van der Waals surface area contributed by atoms with Crippen molar-refractivity contribution in [1.29, 1.82) is 0 Å². The summed E-state index contributed by atoms with van der Waals surface area (Å²) in [5.41, 5.74) is 0.871. The van der Waals surface area contributed by atoms with Gasteiger partial charge in [0.15, 0.2) is 5.13 Å². The van der Waals surface area contributed by atoms with Gasteiger partial charge < -0.3 is 5.32 Å². The van der Waals surface area contributed by atoms with Crippen LogP contribution in [0.15, 0.2) is 16.6 Å². The van der Waals surface area contributed by atoms with Gasteiger partial charge in [-0.25, -0.2) is 4.98 Å².